The van der Waals surface area contributed by atoms with Gasteiger partial charge in [-0.25, -0.2) is 14.1 Å². The van der Waals surface area contributed by atoms with E-state index >= 15 is 0 Å². The molecule has 11 heteroatoms. The van der Waals surface area contributed by atoms with E-state index in [1.54, 1.807) is 6.07 Å². The van der Waals surface area contributed by atoms with Gasteiger partial charge in [0.25, 0.3) is 5.91 Å². The highest BCUT2D eigenvalue weighted by Gasteiger charge is 2.34. The highest BCUT2D eigenvalue weighted by molar-refractivity contribution is 6.30. The highest BCUT2D eigenvalue weighted by Crippen LogP contribution is 2.32. The number of alkyl halides is 3. The number of benzene rings is 1. The van der Waals surface area contributed by atoms with Crippen molar-refractivity contribution in [2.45, 2.75) is 6.18 Å². The normalized spacial score (nSPS) is 11.1. The molecule has 0 spiro atoms. The van der Waals surface area contributed by atoms with E-state index in [1.807, 2.05) is 0 Å². The van der Waals surface area contributed by atoms with Gasteiger partial charge in [0, 0.05) is 12.3 Å². The number of amides is 1. The summed E-state index contributed by atoms with van der Waals surface area (Å²) in [4.78, 5) is 15.9. The average molecular weight is 410 g/mol. The second-order valence-corrected chi connectivity index (χ2v) is 5.75. The van der Waals surface area contributed by atoms with E-state index < -0.39 is 29.0 Å². The van der Waals surface area contributed by atoms with Crippen LogP contribution in [0.25, 0.3) is 5.82 Å². The number of anilines is 1. The first kappa shape index (κ1) is 19.3. The Morgan fingerprint density at radius 1 is 1.25 bits per heavy atom. The van der Waals surface area contributed by atoms with E-state index in [2.05, 4.69) is 15.4 Å². The van der Waals surface area contributed by atoms with Gasteiger partial charge in [-0.3, -0.25) is 4.79 Å². The molecule has 3 rings (SSSR count). The van der Waals surface area contributed by atoms with Crippen LogP contribution in [0.5, 0.6) is 0 Å². The Hall–Kier alpha value is -3.45. The summed E-state index contributed by atoms with van der Waals surface area (Å²) in [6.07, 6.45) is -3.49. The standard InChI is InChI=1S/C17H8ClF4N5O/c18-14-9(8-23)7-12(19)15(25-14)27-6-5-13(26-27)24-16(28)10-3-1-2-4-11(10)17(20,21)22/h1-7H,(H,24,26,28). The number of halogens is 5. The van der Waals surface area contributed by atoms with Crippen LogP contribution in [0.1, 0.15) is 21.5 Å². The van der Waals surface area contributed by atoms with Crippen molar-refractivity contribution in [1.29, 1.82) is 5.26 Å². The fourth-order valence-corrected chi connectivity index (χ4v) is 2.49. The molecule has 2 heterocycles. The van der Waals surface area contributed by atoms with Crippen LogP contribution in [0, 0.1) is 17.1 Å². The highest BCUT2D eigenvalue weighted by atomic mass is 35.5. The molecule has 0 unspecified atom stereocenters. The maximum atomic E-state index is 14.1. The number of pyridine rings is 1. The SMILES string of the molecule is N#Cc1cc(F)c(-n2ccc(NC(=O)c3ccccc3C(F)(F)F)n2)nc1Cl. The van der Waals surface area contributed by atoms with E-state index in [4.69, 9.17) is 16.9 Å². The minimum Gasteiger partial charge on any atom is -0.305 e. The van der Waals surface area contributed by atoms with Gasteiger partial charge in [-0.05, 0) is 18.2 Å². The Balaban J connectivity index is 1.88. The molecule has 142 valence electrons. The van der Waals surface area contributed by atoms with Gasteiger partial charge in [-0.2, -0.15) is 18.4 Å². The Morgan fingerprint density at radius 2 is 1.96 bits per heavy atom. The van der Waals surface area contributed by atoms with Gasteiger partial charge in [0.05, 0.1) is 16.7 Å². The topological polar surface area (TPSA) is 83.6 Å². The third-order valence-electron chi connectivity index (χ3n) is 3.56. The molecule has 0 aliphatic rings. The minimum absolute atomic E-state index is 0.136. The quantitative estimate of drug-likeness (QED) is 0.519. The smallest absolute Gasteiger partial charge is 0.305 e. The number of aromatic nitrogens is 3. The summed E-state index contributed by atoms with van der Waals surface area (Å²) in [5, 5.41) is 14.6. The molecule has 0 saturated carbocycles. The van der Waals surface area contributed by atoms with Crippen molar-refractivity contribution in [2.75, 3.05) is 5.32 Å². The second-order valence-electron chi connectivity index (χ2n) is 5.39. The summed E-state index contributed by atoms with van der Waals surface area (Å²) in [6.45, 7) is 0. The molecule has 28 heavy (non-hydrogen) atoms. The Kier molecular flexibility index (Phi) is 5.02. The zero-order valence-electron chi connectivity index (χ0n) is 13.6. The lowest BCUT2D eigenvalue weighted by molar-refractivity contribution is -0.137. The zero-order valence-corrected chi connectivity index (χ0v) is 14.4. The number of carbonyl (C=O) groups is 1. The maximum absolute atomic E-state index is 14.1. The van der Waals surface area contributed by atoms with Crippen LogP contribution in [-0.4, -0.2) is 20.7 Å². The van der Waals surface area contributed by atoms with Crippen molar-refractivity contribution in [3.05, 3.63) is 70.3 Å². The monoisotopic (exact) mass is 409 g/mol. The lowest BCUT2D eigenvalue weighted by atomic mass is 10.1. The van der Waals surface area contributed by atoms with Crippen LogP contribution < -0.4 is 5.32 Å². The van der Waals surface area contributed by atoms with Gasteiger partial charge >= 0.3 is 6.18 Å². The molecule has 0 saturated heterocycles. The van der Waals surface area contributed by atoms with Crippen molar-refractivity contribution in [3.8, 4) is 11.9 Å². The first-order valence-corrected chi connectivity index (χ1v) is 7.88. The van der Waals surface area contributed by atoms with Crippen molar-refractivity contribution in [2.24, 2.45) is 0 Å². The van der Waals surface area contributed by atoms with Gasteiger partial charge in [-0.15, -0.1) is 5.10 Å². The number of nitrogens with one attached hydrogen (secondary N) is 1. The molecule has 2 aromatic heterocycles. The predicted octanol–water partition coefficient (Wildman–Crippen LogP) is 4.20. The second kappa shape index (κ2) is 7.28. The van der Waals surface area contributed by atoms with Crippen molar-refractivity contribution >= 4 is 23.3 Å². The maximum Gasteiger partial charge on any atom is 0.417 e. The number of hydrogen-bond donors (Lipinski definition) is 1. The van der Waals surface area contributed by atoms with E-state index in [-0.39, 0.29) is 22.4 Å². The predicted molar refractivity (Wildman–Crippen MR) is 90.4 cm³/mol. The number of nitriles is 1. The van der Waals surface area contributed by atoms with Gasteiger partial charge < -0.3 is 5.32 Å². The molecule has 0 atom stereocenters. The summed E-state index contributed by atoms with van der Waals surface area (Å²) in [6, 6.07) is 8.04. The minimum atomic E-state index is -4.71. The fourth-order valence-electron chi connectivity index (χ4n) is 2.32. The fraction of sp³-hybridized carbons (Fsp3) is 0.0588. The number of hydrogen-bond acceptors (Lipinski definition) is 4. The number of rotatable bonds is 3. The van der Waals surface area contributed by atoms with Gasteiger partial charge in [0.15, 0.2) is 17.5 Å². The van der Waals surface area contributed by atoms with Gasteiger partial charge in [0.1, 0.15) is 11.2 Å². The molecule has 1 N–H and O–H groups in total. The van der Waals surface area contributed by atoms with Crippen molar-refractivity contribution in [3.63, 3.8) is 0 Å². The zero-order chi connectivity index (χ0) is 20.5. The molecule has 0 aliphatic heterocycles. The Morgan fingerprint density at radius 3 is 2.64 bits per heavy atom. The molecule has 0 radical (unpaired) electrons. The van der Waals surface area contributed by atoms with E-state index in [1.165, 1.54) is 18.3 Å². The Bertz CT molecular complexity index is 1100. The molecule has 6 nitrogen and oxygen atoms in total. The van der Waals surface area contributed by atoms with Crippen molar-refractivity contribution in [1.82, 2.24) is 14.8 Å². The van der Waals surface area contributed by atoms with E-state index in [0.717, 1.165) is 28.9 Å². The van der Waals surface area contributed by atoms with Crippen LogP contribution in [-0.2, 0) is 6.18 Å². The molecule has 3 aromatic rings. The third kappa shape index (κ3) is 3.79. The van der Waals surface area contributed by atoms with E-state index in [9.17, 15) is 22.4 Å². The summed E-state index contributed by atoms with van der Waals surface area (Å²) in [5.74, 6) is -2.42. The van der Waals surface area contributed by atoms with Crippen LogP contribution in [0.3, 0.4) is 0 Å². The molecular formula is C17H8ClF4N5O. The lowest BCUT2D eigenvalue weighted by Crippen LogP contribution is -2.19. The molecule has 0 aliphatic carbocycles. The van der Waals surface area contributed by atoms with Crippen molar-refractivity contribution < 1.29 is 22.4 Å². The first-order valence-electron chi connectivity index (χ1n) is 7.50. The Labute approximate surface area is 160 Å². The lowest BCUT2D eigenvalue weighted by Gasteiger charge is -2.11. The molecular weight excluding hydrogens is 402 g/mol. The molecule has 1 amide bonds. The summed E-state index contributed by atoms with van der Waals surface area (Å²) < 4.78 is 54.1. The third-order valence-corrected chi connectivity index (χ3v) is 3.84. The first-order chi connectivity index (χ1) is 13.2. The number of carbonyl (C=O) groups excluding carboxylic acids is 1. The van der Waals surface area contributed by atoms with Crippen LogP contribution in [0.4, 0.5) is 23.4 Å². The molecule has 0 fully saturated rings. The van der Waals surface area contributed by atoms with Crippen LogP contribution in [0.15, 0.2) is 42.6 Å². The number of nitrogens with zero attached hydrogens (tertiary/aromatic N) is 4. The molecule has 1 aromatic carbocycles. The van der Waals surface area contributed by atoms with Gasteiger partial charge in [-0.1, -0.05) is 23.7 Å². The van der Waals surface area contributed by atoms with Crippen LogP contribution >= 0.6 is 11.6 Å². The van der Waals surface area contributed by atoms with Crippen LogP contribution in [0.2, 0.25) is 5.15 Å². The average Bonchev–Trinajstić information content (AvgIpc) is 3.10. The summed E-state index contributed by atoms with van der Waals surface area (Å²) in [5.41, 5.74) is -1.86. The van der Waals surface area contributed by atoms with E-state index in [0.29, 0.717) is 0 Å². The summed E-state index contributed by atoms with van der Waals surface area (Å²) >= 11 is 5.77. The molecule has 0 bridgehead atoms. The largest absolute Gasteiger partial charge is 0.417 e. The van der Waals surface area contributed by atoms with Gasteiger partial charge in [0.2, 0.25) is 0 Å². The summed E-state index contributed by atoms with van der Waals surface area (Å²) in [7, 11) is 0.